The van der Waals surface area contributed by atoms with E-state index >= 15 is 0 Å². The number of amides is 2. The Balaban J connectivity index is 1.69. The SMILES string of the molecule is C=CCN1C[C@@H](NC(=O)N(CC)CC)CC2c3cccc4[nH]c(C=C)c(c34)C[C@H]21. The van der Waals surface area contributed by atoms with Crippen molar-refractivity contribution in [2.45, 2.75) is 44.7 Å². The molecule has 5 nitrogen and oxygen atoms in total. The summed E-state index contributed by atoms with van der Waals surface area (Å²) in [5.41, 5.74) is 5.11. The molecule has 5 heteroatoms. The second-order valence-electron chi connectivity index (χ2n) is 8.17. The summed E-state index contributed by atoms with van der Waals surface area (Å²) in [6, 6.07) is 7.16. The highest BCUT2D eigenvalue weighted by Gasteiger charge is 2.41. The lowest BCUT2D eigenvalue weighted by atomic mass is 9.73. The zero-order chi connectivity index (χ0) is 20.5. The molecule has 2 aliphatic rings. The molecular formula is C24H32N4O. The first kappa shape index (κ1) is 19.8. The van der Waals surface area contributed by atoms with Crippen LogP contribution in [0.4, 0.5) is 4.79 Å². The molecule has 2 heterocycles. The molecule has 154 valence electrons. The Morgan fingerprint density at radius 2 is 2.14 bits per heavy atom. The summed E-state index contributed by atoms with van der Waals surface area (Å²) in [7, 11) is 0. The Morgan fingerprint density at radius 3 is 2.83 bits per heavy atom. The molecule has 2 amide bonds. The second-order valence-corrected chi connectivity index (χ2v) is 8.17. The van der Waals surface area contributed by atoms with E-state index in [1.54, 1.807) is 0 Å². The van der Waals surface area contributed by atoms with Crippen molar-refractivity contribution in [1.29, 1.82) is 0 Å². The molecule has 1 aliphatic heterocycles. The lowest BCUT2D eigenvalue weighted by molar-refractivity contribution is 0.110. The van der Waals surface area contributed by atoms with Crippen LogP contribution in [0.5, 0.6) is 0 Å². The van der Waals surface area contributed by atoms with Crippen LogP contribution in [0.2, 0.25) is 0 Å². The molecule has 0 radical (unpaired) electrons. The lowest BCUT2D eigenvalue weighted by Crippen LogP contribution is -2.57. The molecule has 1 aromatic heterocycles. The third-order valence-corrected chi connectivity index (χ3v) is 6.68. The predicted molar refractivity (Wildman–Crippen MR) is 120 cm³/mol. The standard InChI is InChI=1S/C24H32N4O/c1-5-12-28-15-16(25-24(29)27(7-3)8-4)13-18-17-10-9-11-21-23(17)19(14-22(18)28)20(6-2)26-21/h5-6,9-11,16,18,22,26H,1-2,7-8,12-15H2,3-4H3,(H,25,29)/t16-,18?,22+/m0/s1. The van der Waals surface area contributed by atoms with Crippen molar-refractivity contribution in [3.8, 4) is 0 Å². The number of carbonyl (C=O) groups is 1. The van der Waals surface area contributed by atoms with Crippen LogP contribution < -0.4 is 5.32 Å². The normalized spacial score (nSPS) is 23.4. The molecule has 0 bridgehead atoms. The Hall–Kier alpha value is -2.53. The summed E-state index contributed by atoms with van der Waals surface area (Å²) in [6.07, 6.45) is 5.90. The molecule has 0 saturated carbocycles. The highest BCUT2D eigenvalue weighted by Crippen LogP contribution is 2.44. The van der Waals surface area contributed by atoms with Crippen molar-refractivity contribution in [3.63, 3.8) is 0 Å². The van der Waals surface area contributed by atoms with Crippen molar-refractivity contribution in [2.75, 3.05) is 26.2 Å². The summed E-state index contributed by atoms with van der Waals surface area (Å²) in [5.74, 6) is 0.398. The molecule has 29 heavy (non-hydrogen) atoms. The summed E-state index contributed by atoms with van der Waals surface area (Å²) >= 11 is 0. The van der Waals surface area contributed by atoms with E-state index in [0.29, 0.717) is 12.0 Å². The summed E-state index contributed by atoms with van der Waals surface area (Å²) < 4.78 is 0. The number of aromatic amines is 1. The Morgan fingerprint density at radius 1 is 1.34 bits per heavy atom. The molecular weight excluding hydrogens is 360 g/mol. The van der Waals surface area contributed by atoms with Gasteiger partial charge in [-0.05, 0) is 50.0 Å². The van der Waals surface area contributed by atoms with Gasteiger partial charge < -0.3 is 15.2 Å². The molecule has 4 rings (SSSR count). The van der Waals surface area contributed by atoms with Crippen LogP contribution in [0.1, 0.15) is 43.0 Å². The molecule has 2 aromatic rings. The quantitative estimate of drug-likeness (QED) is 0.726. The number of rotatable bonds is 6. The number of benzene rings is 1. The van der Waals surface area contributed by atoms with E-state index in [9.17, 15) is 4.79 Å². The summed E-state index contributed by atoms with van der Waals surface area (Å²) in [4.78, 5) is 20.6. The predicted octanol–water partition coefficient (Wildman–Crippen LogP) is 4.13. The second kappa shape index (κ2) is 8.07. The third-order valence-electron chi connectivity index (χ3n) is 6.68. The monoisotopic (exact) mass is 392 g/mol. The molecule has 1 fully saturated rings. The molecule has 1 saturated heterocycles. The zero-order valence-corrected chi connectivity index (χ0v) is 17.6. The summed E-state index contributed by atoms with van der Waals surface area (Å²) in [6.45, 7) is 15.2. The van der Waals surface area contributed by atoms with Crippen molar-refractivity contribution in [3.05, 3.63) is 54.3 Å². The van der Waals surface area contributed by atoms with Gasteiger partial charge in [0.15, 0.2) is 0 Å². The average molecular weight is 393 g/mol. The van der Waals surface area contributed by atoms with E-state index in [1.165, 1.54) is 22.0 Å². The van der Waals surface area contributed by atoms with Crippen LogP contribution >= 0.6 is 0 Å². The minimum atomic E-state index is 0.0438. The Kier molecular flexibility index (Phi) is 5.50. The van der Waals surface area contributed by atoms with Crippen LogP contribution in [-0.4, -0.2) is 59.1 Å². The molecule has 2 N–H and O–H groups in total. The van der Waals surface area contributed by atoms with E-state index in [2.05, 4.69) is 46.6 Å². The van der Waals surface area contributed by atoms with E-state index in [1.807, 2.05) is 30.9 Å². The maximum atomic E-state index is 12.7. The fraction of sp³-hybridized carbons (Fsp3) is 0.458. The number of nitrogens with zero attached hydrogens (tertiary/aromatic N) is 2. The van der Waals surface area contributed by atoms with Gasteiger partial charge in [0.1, 0.15) is 0 Å². The number of H-pyrrole nitrogens is 1. The first-order valence-corrected chi connectivity index (χ1v) is 10.8. The number of likely N-dealkylation sites (tertiary alicyclic amines) is 1. The van der Waals surface area contributed by atoms with Gasteiger partial charge in [-0.1, -0.05) is 24.8 Å². The first-order chi connectivity index (χ1) is 14.1. The maximum absolute atomic E-state index is 12.7. The van der Waals surface area contributed by atoms with Gasteiger partial charge in [0.25, 0.3) is 0 Å². The van der Waals surface area contributed by atoms with Crippen LogP contribution in [0.25, 0.3) is 17.0 Å². The van der Waals surface area contributed by atoms with Crippen LogP contribution in [0, 0.1) is 0 Å². The number of aromatic nitrogens is 1. The largest absolute Gasteiger partial charge is 0.355 e. The van der Waals surface area contributed by atoms with Crippen LogP contribution in [0.15, 0.2) is 37.4 Å². The molecule has 0 spiro atoms. The number of hydrogen-bond acceptors (Lipinski definition) is 2. The van der Waals surface area contributed by atoms with Crippen molar-refractivity contribution in [2.24, 2.45) is 0 Å². The van der Waals surface area contributed by atoms with Gasteiger partial charge in [-0.2, -0.15) is 0 Å². The van der Waals surface area contributed by atoms with Crippen molar-refractivity contribution >= 4 is 23.0 Å². The van der Waals surface area contributed by atoms with Gasteiger partial charge >= 0.3 is 6.03 Å². The van der Waals surface area contributed by atoms with Crippen LogP contribution in [0.3, 0.4) is 0 Å². The Labute approximate surface area is 173 Å². The topological polar surface area (TPSA) is 51.4 Å². The smallest absolute Gasteiger partial charge is 0.317 e. The van der Waals surface area contributed by atoms with Gasteiger partial charge in [0.05, 0.1) is 0 Å². The molecule has 1 unspecified atom stereocenters. The maximum Gasteiger partial charge on any atom is 0.317 e. The van der Waals surface area contributed by atoms with Gasteiger partial charge in [-0.15, -0.1) is 6.58 Å². The number of fused-ring (bicyclic) bond motifs is 2. The van der Waals surface area contributed by atoms with Crippen LogP contribution in [-0.2, 0) is 6.42 Å². The number of carbonyl (C=O) groups excluding carboxylic acids is 1. The van der Waals surface area contributed by atoms with Crippen molar-refractivity contribution in [1.82, 2.24) is 20.1 Å². The number of hydrogen-bond donors (Lipinski definition) is 2. The van der Waals surface area contributed by atoms with Gasteiger partial charge in [0.2, 0.25) is 0 Å². The van der Waals surface area contributed by atoms with Gasteiger partial charge in [-0.25, -0.2) is 4.79 Å². The van der Waals surface area contributed by atoms with Crippen molar-refractivity contribution < 1.29 is 4.79 Å². The molecule has 3 atom stereocenters. The highest BCUT2D eigenvalue weighted by atomic mass is 16.2. The first-order valence-electron chi connectivity index (χ1n) is 10.8. The molecule has 1 aliphatic carbocycles. The Bertz CT molecular complexity index is 926. The average Bonchev–Trinajstić information content (AvgIpc) is 3.09. The lowest BCUT2D eigenvalue weighted by Gasteiger charge is -2.47. The summed E-state index contributed by atoms with van der Waals surface area (Å²) in [5, 5.41) is 4.66. The van der Waals surface area contributed by atoms with Gasteiger partial charge in [-0.3, -0.25) is 4.90 Å². The number of nitrogens with one attached hydrogen (secondary N) is 2. The van der Waals surface area contributed by atoms with Gasteiger partial charge in [0, 0.05) is 60.8 Å². The highest BCUT2D eigenvalue weighted by molar-refractivity contribution is 5.91. The fourth-order valence-corrected chi connectivity index (χ4v) is 5.34. The van der Waals surface area contributed by atoms with E-state index in [0.717, 1.165) is 44.7 Å². The fourth-order valence-electron chi connectivity index (χ4n) is 5.34. The third kappa shape index (κ3) is 3.38. The minimum absolute atomic E-state index is 0.0438. The minimum Gasteiger partial charge on any atom is -0.355 e. The molecule has 1 aromatic carbocycles. The zero-order valence-electron chi connectivity index (χ0n) is 17.6. The van der Waals surface area contributed by atoms with E-state index in [4.69, 9.17) is 0 Å². The van der Waals surface area contributed by atoms with E-state index < -0.39 is 0 Å². The van der Waals surface area contributed by atoms with E-state index in [-0.39, 0.29) is 12.1 Å². The number of piperidine rings is 1. The number of urea groups is 1.